The molecule has 8 heteroatoms. The monoisotopic (exact) mass is 497 g/mol. The van der Waals surface area contributed by atoms with Gasteiger partial charge in [0.15, 0.2) is 0 Å². The number of rotatable bonds is 9. The number of anilines is 2. The van der Waals surface area contributed by atoms with E-state index in [1.54, 1.807) is 12.1 Å². The van der Waals surface area contributed by atoms with Crippen LogP contribution in [0.4, 0.5) is 11.4 Å². The minimum absolute atomic E-state index is 0.391. The van der Waals surface area contributed by atoms with E-state index in [9.17, 15) is 13.2 Å². The van der Waals surface area contributed by atoms with Gasteiger partial charge < -0.3 is 10.2 Å². The molecule has 1 aliphatic heterocycles. The third-order valence-corrected chi connectivity index (χ3v) is 8.16. The minimum atomic E-state index is -3.85. The fourth-order valence-electron chi connectivity index (χ4n) is 4.20. The predicted octanol–water partition coefficient (Wildman–Crippen LogP) is 4.95. The number of amides is 1. The van der Waals surface area contributed by atoms with Crippen molar-refractivity contribution in [2.75, 3.05) is 28.5 Å². The Morgan fingerprint density at radius 3 is 2.32 bits per heavy atom. The maximum Gasteiger partial charge on any atom is 0.241 e. The molecule has 1 saturated heterocycles. The molecule has 2 N–H and O–H groups in total. The first-order valence-corrected chi connectivity index (χ1v) is 14.2. The zero-order chi connectivity index (χ0) is 24.0. The number of nitrogens with one attached hydrogen (secondary N) is 2. The van der Waals surface area contributed by atoms with Crippen LogP contribution in [0.3, 0.4) is 0 Å². The van der Waals surface area contributed by atoms with E-state index in [2.05, 4.69) is 21.9 Å². The summed E-state index contributed by atoms with van der Waals surface area (Å²) in [6.45, 7) is 4.14. The number of carbonyl (C=O) groups is 1. The molecule has 1 amide bonds. The quantitative estimate of drug-likeness (QED) is 0.439. The number of thiophene rings is 1. The summed E-state index contributed by atoms with van der Waals surface area (Å²) >= 11 is 1.53. The van der Waals surface area contributed by atoms with Crippen LogP contribution in [-0.4, -0.2) is 33.2 Å². The van der Waals surface area contributed by atoms with Crippen molar-refractivity contribution in [1.82, 2.24) is 5.32 Å². The summed E-state index contributed by atoms with van der Waals surface area (Å²) in [7, 11) is -3.85. The summed E-state index contributed by atoms with van der Waals surface area (Å²) in [5, 5.41) is 4.86. The fourth-order valence-corrected chi connectivity index (χ4v) is 6.00. The van der Waals surface area contributed by atoms with Gasteiger partial charge in [0.05, 0.1) is 6.04 Å². The third kappa shape index (κ3) is 6.39. The third-order valence-electron chi connectivity index (χ3n) is 6.04. The molecule has 0 spiro atoms. The lowest BCUT2D eigenvalue weighted by molar-refractivity contribution is -0.119. The molecule has 1 atom stereocenters. The summed E-state index contributed by atoms with van der Waals surface area (Å²) in [4.78, 5) is 16.0. The van der Waals surface area contributed by atoms with E-state index in [1.165, 1.54) is 36.2 Å². The van der Waals surface area contributed by atoms with Gasteiger partial charge >= 0.3 is 0 Å². The van der Waals surface area contributed by atoms with E-state index in [4.69, 9.17) is 0 Å². The summed E-state index contributed by atoms with van der Waals surface area (Å²) in [5.74, 6) is -1.19. The molecule has 6 nitrogen and oxygen atoms in total. The van der Waals surface area contributed by atoms with Gasteiger partial charge in [0.2, 0.25) is 15.9 Å². The van der Waals surface area contributed by atoms with Gasteiger partial charge in [-0.25, -0.2) is 8.42 Å². The topological polar surface area (TPSA) is 78.5 Å². The van der Waals surface area contributed by atoms with Crippen molar-refractivity contribution in [2.24, 2.45) is 0 Å². The molecule has 1 fully saturated rings. The van der Waals surface area contributed by atoms with Gasteiger partial charge in [-0.3, -0.25) is 9.52 Å². The Hall–Kier alpha value is -2.84. The number of hydrogen-bond donors (Lipinski definition) is 2. The van der Waals surface area contributed by atoms with Gasteiger partial charge in [0.1, 0.15) is 5.75 Å². The van der Waals surface area contributed by atoms with Gasteiger partial charge in [-0.1, -0.05) is 37.3 Å². The van der Waals surface area contributed by atoms with Crippen molar-refractivity contribution in [3.05, 3.63) is 82.0 Å². The summed E-state index contributed by atoms with van der Waals surface area (Å²) < 4.78 is 27.9. The zero-order valence-corrected chi connectivity index (χ0v) is 21.0. The molecule has 180 valence electrons. The second-order valence-corrected chi connectivity index (χ2v) is 11.3. The molecule has 1 aromatic heterocycles. The standard InChI is InChI=1S/C26H31N3O3S2/c1-2-20-8-10-21(11-9-20)26(24-7-6-18-33-24)27-25(30)19-34(31,32)28-22-12-14-23(15-13-22)29-16-4-3-5-17-29/h6-15,18,26,28H,2-5,16-17,19H2,1H3,(H,27,30). The van der Waals surface area contributed by atoms with E-state index >= 15 is 0 Å². The zero-order valence-electron chi connectivity index (χ0n) is 19.4. The van der Waals surface area contributed by atoms with Crippen LogP contribution < -0.4 is 14.9 Å². The molecule has 0 aliphatic carbocycles. The van der Waals surface area contributed by atoms with Crippen molar-refractivity contribution < 1.29 is 13.2 Å². The van der Waals surface area contributed by atoms with Crippen LogP contribution >= 0.6 is 11.3 Å². The van der Waals surface area contributed by atoms with Gasteiger partial charge in [-0.05, 0) is 72.5 Å². The molecule has 2 heterocycles. The Morgan fingerprint density at radius 1 is 1.00 bits per heavy atom. The predicted molar refractivity (Wildman–Crippen MR) is 140 cm³/mol. The maximum atomic E-state index is 12.8. The highest BCUT2D eigenvalue weighted by molar-refractivity contribution is 7.93. The number of sulfonamides is 1. The maximum absolute atomic E-state index is 12.8. The van der Waals surface area contributed by atoms with Crippen molar-refractivity contribution >= 4 is 38.6 Å². The Labute approximate surface area is 206 Å². The summed E-state index contributed by atoms with van der Waals surface area (Å²) in [6, 6.07) is 18.9. The molecular formula is C26H31N3O3S2. The Morgan fingerprint density at radius 2 is 1.71 bits per heavy atom. The highest BCUT2D eigenvalue weighted by Gasteiger charge is 2.22. The molecule has 0 radical (unpaired) electrons. The second-order valence-electron chi connectivity index (χ2n) is 8.57. The highest BCUT2D eigenvalue weighted by Crippen LogP contribution is 2.27. The van der Waals surface area contributed by atoms with Gasteiger partial charge in [0.25, 0.3) is 0 Å². The number of benzene rings is 2. The van der Waals surface area contributed by atoms with Crippen LogP contribution in [0.5, 0.6) is 0 Å². The highest BCUT2D eigenvalue weighted by atomic mass is 32.2. The van der Waals surface area contributed by atoms with E-state index in [1.807, 2.05) is 53.9 Å². The van der Waals surface area contributed by atoms with E-state index in [0.717, 1.165) is 35.6 Å². The minimum Gasteiger partial charge on any atom is -0.372 e. The van der Waals surface area contributed by atoms with Crippen molar-refractivity contribution in [3.8, 4) is 0 Å². The average molecular weight is 498 g/mol. The molecular weight excluding hydrogens is 466 g/mol. The van der Waals surface area contributed by atoms with E-state index in [0.29, 0.717) is 5.69 Å². The number of hydrogen-bond acceptors (Lipinski definition) is 5. The van der Waals surface area contributed by atoms with Crippen LogP contribution in [0, 0.1) is 0 Å². The van der Waals surface area contributed by atoms with Gasteiger partial charge in [-0.2, -0.15) is 0 Å². The van der Waals surface area contributed by atoms with Gasteiger partial charge in [0, 0.05) is 29.3 Å². The Kier molecular flexibility index (Phi) is 7.90. The van der Waals surface area contributed by atoms with E-state index in [-0.39, 0.29) is 0 Å². The Bertz CT molecular complexity index is 1170. The molecule has 0 bridgehead atoms. The fraction of sp³-hybridized carbons (Fsp3) is 0.346. The lowest BCUT2D eigenvalue weighted by Gasteiger charge is -2.28. The first kappa shape index (κ1) is 24.3. The second kappa shape index (κ2) is 11.1. The molecule has 34 heavy (non-hydrogen) atoms. The smallest absolute Gasteiger partial charge is 0.241 e. The van der Waals surface area contributed by atoms with Crippen molar-refractivity contribution in [1.29, 1.82) is 0 Å². The first-order chi connectivity index (χ1) is 16.4. The average Bonchev–Trinajstić information content (AvgIpc) is 3.38. The molecule has 1 unspecified atom stereocenters. The first-order valence-electron chi connectivity index (χ1n) is 11.7. The normalized spacial score (nSPS) is 15.0. The molecule has 3 aromatic rings. The number of aryl methyl sites for hydroxylation is 1. The van der Waals surface area contributed by atoms with Crippen LogP contribution in [0.2, 0.25) is 0 Å². The van der Waals surface area contributed by atoms with Crippen molar-refractivity contribution in [2.45, 2.75) is 38.6 Å². The van der Waals surface area contributed by atoms with E-state index < -0.39 is 27.7 Å². The van der Waals surface area contributed by atoms with Crippen LogP contribution in [0.15, 0.2) is 66.0 Å². The number of nitrogens with zero attached hydrogens (tertiary/aromatic N) is 1. The lowest BCUT2D eigenvalue weighted by Crippen LogP contribution is -2.35. The van der Waals surface area contributed by atoms with Crippen molar-refractivity contribution in [3.63, 3.8) is 0 Å². The van der Waals surface area contributed by atoms with Gasteiger partial charge in [-0.15, -0.1) is 11.3 Å². The summed E-state index contributed by atoms with van der Waals surface area (Å²) in [5.41, 5.74) is 3.68. The largest absolute Gasteiger partial charge is 0.372 e. The SMILES string of the molecule is CCc1ccc(C(NC(=O)CS(=O)(=O)Nc2ccc(N3CCCCC3)cc2)c2cccs2)cc1. The lowest BCUT2D eigenvalue weighted by atomic mass is 10.0. The molecule has 0 saturated carbocycles. The van der Waals surface area contributed by atoms with Crippen LogP contribution in [0.1, 0.15) is 48.2 Å². The molecule has 2 aromatic carbocycles. The number of carbonyl (C=O) groups excluding carboxylic acids is 1. The Balaban J connectivity index is 1.40. The molecule has 1 aliphatic rings. The van der Waals surface area contributed by atoms with Crippen LogP contribution in [-0.2, 0) is 21.2 Å². The summed E-state index contributed by atoms with van der Waals surface area (Å²) in [6.07, 6.45) is 4.55. The number of piperidine rings is 1. The molecule has 4 rings (SSSR count). The van der Waals surface area contributed by atoms with Crippen LogP contribution in [0.25, 0.3) is 0 Å².